The first-order chi connectivity index (χ1) is 15.1. The number of fused-ring (bicyclic) bond motifs is 1. The lowest BCUT2D eigenvalue weighted by atomic mass is 10.4. The molecule has 3 aromatic heterocycles. The first-order valence-corrected chi connectivity index (χ1v) is 12.5. The smallest absolute Gasteiger partial charge is 0.212 e. The third kappa shape index (κ3) is 4.86. The Morgan fingerprint density at radius 2 is 1.53 bits per heavy atom. The molecule has 5 N–H and O–H groups in total. The van der Waals surface area contributed by atoms with Gasteiger partial charge in [0.15, 0.2) is 20.6 Å². The number of hydrogen-bond donors (Lipinski definition) is 3. The molecule has 0 aliphatic heterocycles. The van der Waals surface area contributed by atoms with Gasteiger partial charge in [0.1, 0.15) is 33.3 Å². The van der Waals surface area contributed by atoms with Gasteiger partial charge in [0.05, 0.1) is 4.90 Å². The molecule has 3 heterocycles. The predicted octanol–water partition coefficient (Wildman–Crippen LogP) is 4.42. The van der Waals surface area contributed by atoms with Crippen LogP contribution in [0.4, 0.5) is 11.5 Å². The zero-order chi connectivity index (χ0) is 23.6. The molecular weight excluding hydrogens is 517 g/mol. The van der Waals surface area contributed by atoms with Gasteiger partial charge in [0.2, 0.25) is 9.84 Å². The largest absolute Gasteiger partial charge is 0.394 e. The van der Waals surface area contributed by atoms with Gasteiger partial charge < -0.3 is 16.5 Å². The maximum atomic E-state index is 12.8. The Labute approximate surface area is 202 Å². The standard InChI is InChI=1S/C13H11ClN4O2S2.C5H5Cl2N3/c1-21-13-17-8-9(11(14)18-13)16-12(15)10(8)22(19,20)7-5-3-2-4-6-7;1-2-9-4(6)3(8)5(7)10-2/h2-6,16H,15H2,1H3;8H2,1H3. The predicted molar refractivity (Wildman–Crippen MR) is 128 cm³/mol. The Morgan fingerprint density at radius 1 is 0.938 bits per heavy atom. The normalized spacial score (nSPS) is 11.3. The van der Waals surface area contributed by atoms with Crippen LogP contribution in [0.25, 0.3) is 11.0 Å². The van der Waals surface area contributed by atoms with E-state index in [0.29, 0.717) is 16.5 Å². The summed E-state index contributed by atoms with van der Waals surface area (Å²) in [7, 11) is -3.81. The summed E-state index contributed by atoms with van der Waals surface area (Å²) in [6.45, 7) is 1.69. The van der Waals surface area contributed by atoms with Gasteiger partial charge in [0, 0.05) is 0 Å². The number of aromatic amines is 1. The van der Waals surface area contributed by atoms with Gasteiger partial charge in [-0.25, -0.2) is 28.4 Å². The number of nitrogens with two attached hydrogens (primary N) is 2. The number of halogens is 3. The van der Waals surface area contributed by atoms with Crippen molar-refractivity contribution in [3.8, 4) is 0 Å². The molecule has 0 atom stereocenters. The van der Waals surface area contributed by atoms with Crippen LogP contribution >= 0.6 is 46.6 Å². The van der Waals surface area contributed by atoms with Crippen LogP contribution in [0.5, 0.6) is 0 Å². The summed E-state index contributed by atoms with van der Waals surface area (Å²) in [4.78, 5) is 18.7. The molecule has 0 spiro atoms. The Hall–Kier alpha value is -2.31. The van der Waals surface area contributed by atoms with Gasteiger partial charge in [-0.15, -0.1) is 0 Å². The number of benzene rings is 1. The van der Waals surface area contributed by atoms with Crippen LogP contribution in [0, 0.1) is 6.92 Å². The van der Waals surface area contributed by atoms with Crippen molar-refractivity contribution >= 4 is 78.9 Å². The van der Waals surface area contributed by atoms with Gasteiger partial charge >= 0.3 is 0 Å². The van der Waals surface area contributed by atoms with Gasteiger partial charge in [0.25, 0.3) is 0 Å². The highest BCUT2D eigenvalue weighted by molar-refractivity contribution is 7.98. The monoisotopic (exact) mass is 531 g/mol. The molecule has 0 aliphatic carbocycles. The minimum Gasteiger partial charge on any atom is -0.394 e. The average Bonchev–Trinajstić information content (AvgIpc) is 3.10. The Bertz CT molecular complexity index is 1370. The second-order valence-electron chi connectivity index (χ2n) is 6.18. The van der Waals surface area contributed by atoms with Crippen LogP contribution in [0.3, 0.4) is 0 Å². The quantitative estimate of drug-likeness (QED) is 0.197. The molecule has 0 unspecified atom stereocenters. The average molecular weight is 533 g/mol. The topological polar surface area (TPSA) is 154 Å². The van der Waals surface area contributed by atoms with E-state index in [2.05, 4.69) is 24.9 Å². The fraction of sp³-hybridized carbons (Fsp3) is 0.111. The number of nitrogen functional groups attached to an aromatic ring is 2. The van der Waals surface area contributed by atoms with Crippen molar-refractivity contribution in [1.29, 1.82) is 0 Å². The third-order valence-electron chi connectivity index (χ3n) is 4.03. The van der Waals surface area contributed by atoms with Crippen molar-refractivity contribution in [2.75, 3.05) is 17.7 Å². The van der Waals surface area contributed by atoms with E-state index in [1.54, 1.807) is 31.4 Å². The summed E-state index contributed by atoms with van der Waals surface area (Å²) in [5, 5.41) is 0.923. The molecule has 168 valence electrons. The number of aromatic nitrogens is 5. The van der Waals surface area contributed by atoms with Crippen molar-refractivity contribution < 1.29 is 8.42 Å². The Morgan fingerprint density at radius 3 is 2.09 bits per heavy atom. The zero-order valence-electron chi connectivity index (χ0n) is 16.6. The fourth-order valence-corrected chi connectivity index (χ4v) is 5.20. The molecule has 32 heavy (non-hydrogen) atoms. The van der Waals surface area contributed by atoms with Crippen molar-refractivity contribution in [1.82, 2.24) is 24.9 Å². The number of aryl methyl sites for hydroxylation is 1. The number of anilines is 2. The van der Waals surface area contributed by atoms with Gasteiger partial charge in [-0.05, 0) is 25.3 Å². The zero-order valence-corrected chi connectivity index (χ0v) is 20.5. The fourth-order valence-electron chi connectivity index (χ4n) is 2.60. The number of hydrogen-bond acceptors (Lipinski definition) is 9. The van der Waals surface area contributed by atoms with Crippen LogP contribution in [0.2, 0.25) is 15.5 Å². The van der Waals surface area contributed by atoms with Crippen molar-refractivity contribution in [2.24, 2.45) is 0 Å². The molecule has 4 rings (SSSR count). The molecule has 4 aromatic rings. The summed E-state index contributed by atoms with van der Waals surface area (Å²) in [5.74, 6) is 0.512. The van der Waals surface area contributed by atoms with Crippen LogP contribution in [-0.2, 0) is 9.84 Å². The van der Waals surface area contributed by atoms with E-state index >= 15 is 0 Å². The minimum atomic E-state index is -3.81. The van der Waals surface area contributed by atoms with E-state index in [0.717, 1.165) is 0 Å². The maximum absolute atomic E-state index is 12.8. The van der Waals surface area contributed by atoms with E-state index in [1.807, 2.05) is 0 Å². The van der Waals surface area contributed by atoms with E-state index < -0.39 is 9.84 Å². The molecular formula is C18H16Cl3N7O2S2. The second kappa shape index (κ2) is 9.67. The molecule has 0 fully saturated rings. The SMILES string of the molecule is CSc1nc(Cl)c2[nH]c(N)c(S(=O)(=O)c3ccccc3)c2n1.Cc1nc(Cl)c(N)c(Cl)n1. The van der Waals surface area contributed by atoms with Gasteiger partial charge in [-0.3, -0.25) is 0 Å². The molecule has 1 aromatic carbocycles. The Kier molecular flexibility index (Phi) is 7.36. The van der Waals surface area contributed by atoms with Gasteiger partial charge in [-0.2, -0.15) is 0 Å². The molecule has 0 bridgehead atoms. The van der Waals surface area contributed by atoms with Crippen LogP contribution in [0.15, 0.2) is 45.3 Å². The molecule has 0 saturated heterocycles. The lowest BCUT2D eigenvalue weighted by Gasteiger charge is -2.04. The lowest BCUT2D eigenvalue weighted by Crippen LogP contribution is -2.05. The van der Waals surface area contributed by atoms with Crippen molar-refractivity contribution in [3.63, 3.8) is 0 Å². The molecule has 0 radical (unpaired) electrons. The van der Waals surface area contributed by atoms with E-state index in [4.69, 9.17) is 46.3 Å². The molecule has 14 heteroatoms. The maximum Gasteiger partial charge on any atom is 0.212 e. The number of thioether (sulfide) groups is 1. The van der Waals surface area contributed by atoms with Crippen LogP contribution in [-0.4, -0.2) is 39.6 Å². The molecule has 0 aliphatic rings. The summed E-state index contributed by atoms with van der Waals surface area (Å²) in [6.07, 6.45) is 1.78. The Balaban J connectivity index is 0.000000243. The van der Waals surface area contributed by atoms with Gasteiger partial charge in [-0.1, -0.05) is 64.8 Å². The third-order valence-corrected chi connectivity index (χ3v) is 7.27. The number of nitrogens with zero attached hydrogens (tertiary/aromatic N) is 4. The number of rotatable bonds is 3. The van der Waals surface area contributed by atoms with Crippen molar-refractivity contribution in [3.05, 3.63) is 51.6 Å². The number of H-pyrrole nitrogens is 1. The highest BCUT2D eigenvalue weighted by Crippen LogP contribution is 2.35. The first-order valence-electron chi connectivity index (χ1n) is 8.70. The van der Waals surface area contributed by atoms with E-state index in [1.165, 1.54) is 23.9 Å². The lowest BCUT2D eigenvalue weighted by molar-refractivity contribution is 0.597. The van der Waals surface area contributed by atoms with Crippen LogP contribution in [0.1, 0.15) is 5.82 Å². The summed E-state index contributed by atoms with van der Waals surface area (Å²) >= 11 is 18.5. The molecule has 0 saturated carbocycles. The van der Waals surface area contributed by atoms with E-state index in [9.17, 15) is 8.42 Å². The first kappa shape index (κ1) is 24.3. The highest BCUT2D eigenvalue weighted by Gasteiger charge is 2.28. The summed E-state index contributed by atoms with van der Waals surface area (Å²) < 4.78 is 25.7. The molecule has 0 amide bonds. The molecule has 9 nitrogen and oxygen atoms in total. The second-order valence-corrected chi connectivity index (χ2v) is 9.91. The highest BCUT2D eigenvalue weighted by atomic mass is 35.5. The summed E-state index contributed by atoms with van der Waals surface area (Å²) in [6, 6.07) is 8.04. The number of nitrogens with one attached hydrogen (secondary N) is 1. The van der Waals surface area contributed by atoms with E-state index in [-0.39, 0.29) is 42.3 Å². The minimum absolute atomic E-state index is 0.00620. The van der Waals surface area contributed by atoms with Crippen molar-refractivity contribution in [2.45, 2.75) is 21.9 Å². The number of sulfone groups is 1. The van der Waals surface area contributed by atoms with Crippen LogP contribution < -0.4 is 11.5 Å². The summed E-state index contributed by atoms with van der Waals surface area (Å²) in [5.41, 5.74) is 12.0.